The molecule has 3 fully saturated rings. The first kappa shape index (κ1) is 23.8. The van der Waals surface area contributed by atoms with Crippen LogP contribution in [0.1, 0.15) is 31.2 Å². The fourth-order valence-electron chi connectivity index (χ4n) is 7.72. The fourth-order valence-corrected chi connectivity index (χ4v) is 7.72. The van der Waals surface area contributed by atoms with E-state index in [1.54, 1.807) is 42.5 Å². The Bertz CT molecular complexity index is 1630. The summed E-state index contributed by atoms with van der Waals surface area (Å²) in [6.45, 7) is 1.83. The van der Waals surface area contributed by atoms with Gasteiger partial charge in [0.2, 0.25) is 11.8 Å². The molecule has 7 rings (SSSR count). The molecule has 2 saturated heterocycles. The van der Waals surface area contributed by atoms with Crippen LogP contribution in [0, 0.1) is 29.1 Å². The van der Waals surface area contributed by atoms with Crippen LogP contribution in [0.25, 0.3) is 10.8 Å². The number of amides is 4. The third-order valence-corrected chi connectivity index (χ3v) is 9.51. The number of hydroxylamine groups is 2. The van der Waals surface area contributed by atoms with Crippen LogP contribution < -0.4 is 4.90 Å². The molecule has 2 aliphatic carbocycles. The lowest BCUT2D eigenvalue weighted by molar-refractivity contribution is -0.173. The Kier molecular flexibility index (Phi) is 4.94. The normalized spacial score (nSPS) is 31.8. The summed E-state index contributed by atoms with van der Waals surface area (Å²) in [5.74, 6) is -5.16. The maximum Gasteiger partial charge on any atom is 0.257 e. The predicted molar refractivity (Wildman–Crippen MR) is 140 cm³/mol. The topological polar surface area (TPSA) is 115 Å². The first-order valence-electron chi connectivity index (χ1n) is 13.2. The number of carbonyl (C=O) groups excluding carboxylic acids is 4. The maximum atomic E-state index is 14.4. The second kappa shape index (κ2) is 8.10. The van der Waals surface area contributed by atoms with Gasteiger partial charge in [0.05, 0.1) is 28.9 Å². The number of phenols is 1. The number of hydrogen-bond donors (Lipinski definition) is 2. The van der Waals surface area contributed by atoms with Gasteiger partial charge in [-0.05, 0) is 54.8 Å². The number of hydrogen-bond acceptors (Lipinski definition) is 6. The minimum atomic E-state index is -1.17. The van der Waals surface area contributed by atoms with Crippen molar-refractivity contribution < 1.29 is 29.5 Å². The number of phenolic OH excluding ortho intramolecular Hbond substituents is 1. The Morgan fingerprint density at radius 3 is 2.26 bits per heavy atom. The van der Waals surface area contributed by atoms with Crippen molar-refractivity contribution in [1.82, 2.24) is 5.06 Å². The highest BCUT2D eigenvalue weighted by molar-refractivity contribution is 6.24. The Morgan fingerprint density at radius 2 is 1.51 bits per heavy atom. The number of benzene rings is 3. The average molecular weight is 523 g/mol. The van der Waals surface area contributed by atoms with Crippen molar-refractivity contribution in [2.24, 2.45) is 29.1 Å². The number of imide groups is 2. The molecule has 2 aliphatic heterocycles. The van der Waals surface area contributed by atoms with Gasteiger partial charge in [0.15, 0.2) is 0 Å². The van der Waals surface area contributed by atoms with E-state index in [0.717, 1.165) is 16.5 Å². The zero-order valence-corrected chi connectivity index (χ0v) is 21.2. The summed E-state index contributed by atoms with van der Waals surface area (Å²) in [6.07, 6.45) is 2.42. The molecule has 4 aliphatic rings. The van der Waals surface area contributed by atoms with Crippen molar-refractivity contribution in [3.63, 3.8) is 0 Å². The molecule has 0 unspecified atom stereocenters. The molecule has 0 radical (unpaired) electrons. The minimum Gasteiger partial charge on any atom is -0.507 e. The molecular weight excluding hydrogens is 496 g/mol. The number of para-hydroxylation sites is 1. The molecule has 0 spiro atoms. The molecule has 3 aromatic carbocycles. The lowest BCUT2D eigenvalue weighted by Gasteiger charge is -2.49. The third kappa shape index (κ3) is 2.97. The molecule has 2 heterocycles. The molecule has 3 aromatic rings. The molecule has 6 atom stereocenters. The van der Waals surface area contributed by atoms with Gasteiger partial charge in [-0.3, -0.25) is 24.4 Å². The monoisotopic (exact) mass is 522 g/mol. The van der Waals surface area contributed by atoms with E-state index in [1.807, 2.05) is 37.3 Å². The molecule has 1 saturated carbocycles. The number of anilines is 1. The number of fused-ring (bicyclic) bond motifs is 5. The molecular formula is C31H26N2O6. The summed E-state index contributed by atoms with van der Waals surface area (Å²) in [6, 6.07) is 19.6. The van der Waals surface area contributed by atoms with Gasteiger partial charge in [-0.15, -0.1) is 0 Å². The first-order valence-corrected chi connectivity index (χ1v) is 13.2. The summed E-state index contributed by atoms with van der Waals surface area (Å²) in [5.41, 5.74) is 0.921. The van der Waals surface area contributed by atoms with Gasteiger partial charge < -0.3 is 5.11 Å². The highest BCUT2D eigenvalue weighted by atomic mass is 16.5. The van der Waals surface area contributed by atoms with E-state index in [1.165, 1.54) is 4.90 Å². The van der Waals surface area contributed by atoms with Crippen LogP contribution in [0.5, 0.6) is 5.75 Å². The van der Waals surface area contributed by atoms with Gasteiger partial charge in [-0.25, -0.2) is 4.90 Å². The summed E-state index contributed by atoms with van der Waals surface area (Å²) >= 11 is 0. The van der Waals surface area contributed by atoms with Gasteiger partial charge in [0, 0.05) is 11.3 Å². The number of allylic oxidation sites excluding steroid dienone is 2. The van der Waals surface area contributed by atoms with Crippen LogP contribution in [0.4, 0.5) is 5.69 Å². The SMILES string of the molecule is C[C@@]12C(=O)N(c3ccccc3)C(=O)[C@@H]1C[C@@H]1C(=CC[C@@H]3C(=O)N(O)C(=O)[C@@H]31)[C@@H]2c1ccc(O)c2ccccc12. The molecule has 0 aromatic heterocycles. The highest BCUT2D eigenvalue weighted by Gasteiger charge is 2.67. The Balaban J connectivity index is 1.48. The van der Waals surface area contributed by atoms with Gasteiger partial charge in [-0.1, -0.05) is 60.2 Å². The Morgan fingerprint density at radius 1 is 0.821 bits per heavy atom. The summed E-state index contributed by atoms with van der Waals surface area (Å²) in [7, 11) is 0. The lowest BCUT2D eigenvalue weighted by atomic mass is 9.51. The third-order valence-electron chi connectivity index (χ3n) is 9.51. The molecule has 39 heavy (non-hydrogen) atoms. The maximum absolute atomic E-state index is 14.4. The summed E-state index contributed by atoms with van der Waals surface area (Å²) in [5, 5.41) is 22.4. The van der Waals surface area contributed by atoms with Crippen LogP contribution >= 0.6 is 0 Å². The van der Waals surface area contributed by atoms with Crippen molar-refractivity contribution in [2.75, 3.05) is 4.90 Å². The summed E-state index contributed by atoms with van der Waals surface area (Å²) in [4.78, 5) is 55.6. The highest BCUT2D eigenvalue weighted by Crippen LogP contribution is 2.64. The van der Waals surface area contributed by atoms with Gasteiger partial charge in [-0.2, -0.15) is 5.06 Å². The van der Waals surface area contributed by atoms with Gasteiger partial charge in [0.25, 0.3) is 11.8 Å². The molecule has 4 amide bonds. The number of carbonyl (C=O) groups is 4. The van der Waals surface area contributed by atoms with E-state index >= 15 is 0 Å². The van der Waals surface area contributed by atoms with Crippen molar-refractivity contribution >= 4 is 40.1 Å². The van der Waals surface area contributed by atoms with E-state index in [4.69, 9.17) is 0 Å². The van der Waals surface area contributed by atoms with Crippen LogP contribution in [-0.4, -0.2) is 39.0 Å². The molecule has 2 N–H and O–H groups in total. The number of rotatable bonds is 2. The second-order valence-electron chi connectivity index (χ2n) is 11.2. The van der Waals surface area contributed by atoms with E-state index in [2.05, 4.69) is 0 Å². The quantitative estimate of drug-likeness (QED) is 0.297. The number of nitrogens with zero attached hydrogens (tertiary/aromatic N) is 2. The van der Waals surface area contributed by atoms with Crippen molar-refractivity contribution in [3.05, 3.63) is 83.9 Å². The number of aromatic hydroxyl groups is 1. The standard InChI is InChI=1S/C31H26N2O6/c1-31-23(28(36)32(30(31)38)16-7-3-2-4-8-16)15-22-20(11-12-21-25(22)29(37)33(39)27(21)35)26(31)19-13-14-24(34)18-10-6-5-9-17(18)19/h2-11,13-14,21-23,25-26,34,39H,12,15H2,1H3/t21-,22+,23-,25-,26-,31+/m0/s1. The molecule has 8 nitrogen and oxygen atoms in total. The Hall–Kier alpha value is -4.30. The zero-order valence-electron chi connectivity index (χ0n) is 21.2. The van der Waals surface area contributed by atoms with E-state index in [9.17, 15) is 29.5 Å². The van der Waals surface area contributed by atoms with Gasteiger partial charge >= 0.3 is 0 Å². The van der Waals surface area contributed by atoms with Gasteiger partial charge in [0.1, 0.15) is 5.75 Å². The average Bonchev–Trinajstić information content (AvgIpc) is 3.29. The molecule has 8 heteroatoms. The fraction of sp³-hybridized carbons (Fsp3) is 0.290. The van der Waals surface area contributed by atoms with Crippen LogP contribution in [0.2, 0.25) is 0 Å². The largest absolute Gasteiger partial charge is 0.507 e. The second-order valence-corrected chi connectivity index (χ2v) is 11.2. The first-order chi connectivity index (χ1) is 18.7. The van der Waals surface area contributed by atoms with E-state index in [-0.39, 0.29) is 35.5 Å². The van der Waals surface area contributed by atoms with Crippen LogP contribution in [0.3, 0.4) is 0 Å². The van der Waals surface area contributed by atoms with E-state index < -0.39 is 46.8 Å². The smallest absolute Gasteiger partial charge is 0.257 e. The minimum absolute atomic E-state index is 0.105. The lowest BCUT2D eigenvalue weighted by Crippen LogP contribution is -2.48. The predicted octanol–water partition coefficient (Wildman–Crippen LogP) is 4.17. The van der Waals surface area contributed by atoms with Crippen molar-refractivity contribution in [3.8, 4) is 5.75 Å². The van der Waals surface area contributed by atoms with Crippen LogP contribution in [0.15, 0.2) is 78.4 Å². The molecule has 196 valence electrons. The zero-order chi connectivity index (χ0) is 27.2. The van der Waals surface area contributed by atoms with Crippen LogP contribution in [-0.2, 0) is 19.2 Å². The van der Waals surface area contributed by atoms with Crippen molar-refractivity contribution in [2.45, 2.75) is 25.7 Å². The Labute approximate surface area is 224 Å². The van der Waals surface area contributed by atoms with Crippen molar-refractivity contribution in [1.29, 1.82) is 0 Å². The van der Waals surface area contributed by atoms with E-state index in [0.29, 0.717) is 11.1 Å². The summed E-state index contributed by atoms with van der Waals surface area (Å²) < 4.78 is 0. The molecule has 0 bridgehead atoms.